The topological polar surface area (TPSA) is 23.5 Å². The van der Waals surface area contributed by atoms with Crippen molar-refractivity contribution in [2.75, 3.05) is 13.1 Å². The first kappa shape index (κ1) is 17.5. The molecule has 3 heteroatoms. The minimum Gasteiger partial charge on any atom is -0.508 e. The highest BCUT2D eigenvalue weighted by molar-refractivity contribution is 8.93. The number of benzene rings is 1. The van der Waals surface area contributed by atoms with Crippen LogP contribution in [0, 0.1) is 0 Å². The summed E-state index contributed by atoms with van der Waals surface area (Å²) in [5, 5.41) is 9.72. The number of phenols is 1. The van der Waals surface area contributed by atoms with Crippen LogP contribution in [0.5, 0.6) is 5.75 Å². The molecule has 0 saturated heterocycles. The van der Waals surface area contributed by atoms with Crippen LogP contribution in [0.1, 0.15) is 57.1 Å². The molecule has 0 fully saturated rings. The molecule has 1 N–H and O–H groups in total. The highest BCUT2D eigenvalue weighted by atomic mass is 79.9. The Hall–Kier alpha value is -0.540. The van der Waals surface area contributed by atoms with Crippen molar-refractivity contribution < 1.29 is 5.11 Å². The summed E-state index contributed by atoms with van der Waals surface area (Å²) in [6.07, 6.45) is 4.83. The number of hydrogen-bond acceptors (Lipinski definition) is 2. The van der Waals surface area contributed by atoms with Gasteiger partial charge in [-0.3, -0.25) is 4.90 Å². The maximum absolute atomic E-state index is 9.72. The molecule has 1 aliphatic rings. The van der Waals surface area contributed by atoms with Crippen LogP contribution < -0.4 is 0 Å². The molecule has 2 unspecified atom stereocenters. The second-order valence-electron chi connectivity index (χ2n) is 5.81. The fraction of sp³-hybridized carbons (Fsp3) is 0.647. The molecule has 0 amide bonds. The number of aryl methyl sites for hydroxylation is 1. The van der Waals surface area contributed by atoms with E-state index in [1.54, 1.807) is 0 Å². The average Bonchev–Trinajstić information content (AvgIpc) is 2.40. The summed E-state index contributed by atoms with van der Waals surface area (Å²) in [7, 11) is 0. The Labute approximate surface area is 134 Å². The zero-order valence-corrected chi connectivity index (χ0v) is 14.6. The summed E-state index contributed by atoms with van der Waals surface area (Å²) >= 11 is 0. The molecule has 0 spiro atoms. The SMILES string of the molecule is Br.CCCN(CCC)C1CCc2ccc(O)cc2C1C. The van der Waals surface area contributed by atoms with Crippen molar-refractivity contribution in [3.05, 3.63) is 29.3 Å². The number of hydrogen-bond donors (Lipinski definition) is 1. The fourth-order valence-electron chi connectivity index (χ4n) is 3.51. The lowest BCUT2D eigenvalue weighted by Crippen LogP contribution is -2.42. The molecule has 0 aliphatic heterocycles. The van der Waals surface area contributed by atoms with Crippen molar-refractivity contribution >= 4 is 17.0 Å². The van der Waals surface area contributed by atoms with E-state index in [1.807, 2.05) is 12.1 Å². The van der Waals surface area contributed by atoms with Gasteiger partial charge in [0, 0.05) is 6.04 Å². The van der Waals surface area contributed by atoms with E-state index >= 15 is 0 Å². The molecule has 0 radical (unpaired) electrons. The van der Waals surface area contributed by atoms with Crippen molar-refractivity contribution in [3.8, 4) is 5.75 Å². The van der Waals surface area contributed by atoms with E-state index < -0.39 is 0 Å². The van der Waals surface area contributed by atoms with Gasteiger partial charge in [-0.2, -0.15) is 0 Å². The van der Waals surface area contributed by atoms with Gasteiger partial charge in [0.1, 0.15) is 5.75 Å². The number of halogens is 1. The van der Waals surface area contributed by atoms with Gasteiger partial charge in [-0.25, -0.2) is 0 Å². The van der Waals surface area contributed by atoms with Gasteiger partial charge in [-0.05, 0) is 68.0 Å². The smallest absolute Gasteiger partial charge is 0.115 e. The van der Waals surface area contributed by atoms with Gasteiger partial charge in [-0.1, -0.05) is 26.8 Å². The standard InChI is InChI=1S/C17H27NO.BrH/c1-4-10-18(11-5-2)17-9-7-14-6-8-15(19)12-16(14)13(17)3;/h6,8,12-13,17,19H,4-5,7,9-11H2,1-3H3;1H. The second-order valence-corrected chi connectivity index (χ2v) is 5.81. The Balaban J connectivity index is 0.00000200. The first-order chi connectivity index (χ1) is 9.17. The second kappa shape index (κ2) is 8.04. The van der Waals surface area contributed by atoms with Crippen LogP contribution in [0.15, 0.2) is 18.2 Å². The molecule has 2 atom stereocenters. The van der Waals surface area contributed by atoms with Crippen molar-refractivity contribution in [2.24, 2.45) is 0 Å². The van der Waals surface area contributed by atoms with Crippen molar-refractivity contribution in [3.63, 3.8) is 0 Å². The van der Waals surface area contributed by atoms with E-state index in [0.29, 0.717) is 17.7 Å². The van der Waals surface area contributed by atoms with E-state index in [0.717, 1.165) is 6.42 Å². The molecular formula is C17H28BrNO. The first-order valence-electron chi connectivity index (χ1n) is 7.73. The number of aromatic hydroxyl groups is 1. The maximum atomic E-state index is 9.72. The number of nitrogens with zero attached hydrogens (tertiary/aromatic N) is 1. The quantitative estimate of drug-likeness (QED) is 0.851. The highest BCUT2D eigenvalue weighted by Gasteiger charge is 2.30. The molecular weight excluding hydrogens is 314 g/mol. The summed E-state index contributed by atoms with van der Waals surface area (Å²) in [6.45, 7) is 9.22. The largest absolute Gasteiger partial charge is 0.508 e. The minimum atomic E-state index is 0. The molecule has 114 valence electrons. The zero-order valence-electron chi connectivity index (χ0n) is 12.9. The maximum Gasteiger partial charge on any atom is 0.115 e. The van der Waals surface area contributed by atoms with Gasteiger partial charge in [-0.15, -0.1) is 17.0 Å². The molecule has 0 aromatic heterocycles. The van der Waals surface area contributed by atoms with Gasteiger partial charge in [0.15, 0.2) is 0 Å². The lowest BCUT2D eigenvalue weighted by molar-refractivity contribution is 0.159. The minimum absolute atomic E-state index is 0. The Kier molecular flexibility index (Phi) is 7.04. The molecule has 0 heterocycles. The van der Waals surface area contributed by atoms with E-state index in [1.165, 1.54) is 43.5 Å². The Morgan fingerprint density at radius 1 is 1.20 bits per heavy atom. The van der Waals surface area contributed by atoms with Crippen molar-refractivity contribution in [1.29, 1.82) is 0 Å². The summed E-state index contributed by atoms with van der Waals surface area (Å²) < 4.78 is 0. The Morgan fingerprint density at radius 2 is 1.85 bits per heavy atom. The van der Waals surface area contributed by atoms with Crippen LogP contribution in [0.4, 0.5) is 0 Å². The monoisotopic (exact) mass is 341 g/mol. The van der Waals surface area contributed by atoms with Crippen LogP contribution in [0.2, 0.25) is 0 Å². The summed E-state index contributed by atoms with van der Waals surface area (Å²) in [5.74, 6) is 0.928. The van der Waals surface area contributed by atoms with E-state index in [4.69, 9.17) is 0 Å². The molecule has 2 nitrogen and oxygen atoms in total. The summed E-state index contributed by atoms with van der Waals surface area (Å²) in [6, 6.07) is 6.53. The van der Waals surface area contributed by atoms with Gasteiger partial charge in [0.25, 0.3) is 0 Å². The van der Waals surface area contributed by atoms with E-state index in [9.17, 15) is 5.11 Å². The molecule has 0 saturated carbocycles. The van der Waals surface area contributed by atoms with Crippen LogP contribution in [-0.2, 0) is 6.42 Å². The lowest BCUT2D eigenvalue weighted by atomic mass is 9.79. The Morgan fingerprint density at radius 3 is 2.45 bits per heavy atom. The average molecular weight is 342 g/mol. The highest BCUT2D eigenvalue weighted by Crippen LogP contribution is 2.36. The van der Waals surface area contributed by atoms with E-state index in [-0.39, 0.29) is 17.0 Å². The third-order valence-electron chi connectivity index (χ3n) is 4.40. The van der Waals surface area contributed by atoms with Crippen LogP contribution in [0.3, 0.4) is 0 Å². The predicted octanol–water partition coefficient (Wildman–Crippen LogP) is 4.51. The van der Waals surface area contributed by atoms with Crippen molar-refractivity contribution in [1.82, 2.24) is 4.90 Å². The number of phenolic OH excluding ortho intramolecular Hbond substituents is 1. The van der Waals surface area contributed by atoms with Gasteiger partial charge in [0.2, 0.25) is 0 Å². The van der Waals surface area contributed by atoms with Gasteiger partial charge < -0.3 is 5.11 Å². The third-order valence-corrected chi connectivity index (χ3v) is 4.40. The van der Waals surface area contributed by atoms with Crippen LogP contribution >= 0.6 is 17.0 Å². The fourth-order valence-corrected chi connectivity index (χ4v) is 3.51. The normalized spacial score (nSPS) is 21.4. The van der Waals surface area contributed by atoms with Crippen LogP contribution in [-0.4, -0.2) is 29.1 Å². The summed E-state index contributed by atoms with van der Waals surface area (Å²) in [4.78, 5) is 2.65. The van der Waals surface area contributed by atoms with Crippen LogP contribution in [0.25, 0.3) is 0 Å². The molecule has 1 aromatic carbocycles. The number of rotatable bonds is 5. The zero-order chi connectivity index (χ0) is 13.8. The molecule has 2 rings (SSSR count). The first-order valence-corrected chi connectivity index (χ1v) is 7.73. The predicted molar refractivity (Wildman–Crippen MR) is 91.1 cm³/mol. The number of fused-ring (bicyclic) bond motifs is 1. The van der Waals surface area contributed by atoms with Gasteiger partial charge in [0.05, 0.1) is 0 Å². The molecule has 0 bridgehead atoms. The lowest BCUT2D eigenvalue weighted by Gasteiger charge is -2.39. The molecule has 20 heavy (non-hydrogen) atoms. The summed E-state index contributed by atoms with van der Waals surface area (Å²) in [5.41, 5.74) is 2.78. The van der Waals surface area contributed by atoms with Gasteiger partial charge >= 0.3 is 0 Å². The molecule has 1 aliphatic carbocycles. The Bertz CT molecular complexity index is 415. The third kappa shape index (κ3) is 3.76. The van der Waals surface area contributed by atoms with E-state index in [2.05, 4.69) is 31.7 Å². The molecule has 1 aromatic rings. The van der Waals surface area contributed by atoms with Crippen molar-refractivity contribution in [2.45, 2.75) is 58.4 Å².